The highest BCUT2D eigenvalue weighted by Gasteiger charge is 2.23. The highest BCUT2D eigenvalue weighted by atomic mass is 32.2. The van der Waals surface area contributed by atoms with E-state index in [2.05, 4.69) is 28.0 Å². The molecule has 1 amide bonds. The molecule has 29 heavy (non-hydrogen) atoms. The van der Waals surface area contributed by atoms with Crippen LogP contribution in [0.4, 0.5) is 10.1 Å². The van der Waals surface area contributed by atoms with Crippen molar-refractivity contribution >= 4 is 29.1 Å². The van der Waals surface area contributed by atoms with Crippen LogP contribution < -0.4 is 10.7 Å². The third-order valence-electron chi connectivity index (χ3n) is 4.89. The molecule has 3 aromatic rings. The molecule has 1 atom stereocenters. The fourth-order valence-corrected chi connectivity index (χ4v) is 3.91. The Morgan fingerprint density at radius 2 is 1.86 bits per heavy atom. The summed E-state index contributed by atoms with van der Waals surface area (Å²) in [7, 11) is 0. The number of hydrogen-bond acceptors (Lipinski definition) is 4. The second-order valence-electron chi connectivity index (χ2n) is 6.78. The van der Waals surface area contributed by atoms with E-state index >= 15 is 0 Å². The second kappa shape index (κ2) is 8.09. The molecule has 4 nitrogen and oxygen atoms in total. The van der Waals surface area contributed by atoms with E-state index in [-0.39, 0.29) is 17.1 Å². The normalized spacial score (nSPS) is 15.1. The van der Waals surface area contributed by atoms with E-state index in [0.717, 1.165) is 22.4 Å². The maximum Gasteiger partial charge on any atom is 0.255 e. The molecule has 0 fully saturated rings. The van der Waals surface area contributed by atoms with Gasteiger partial charge in [0, 0.05) is 22.4 Å². The molecule has 0 unspecified atom stereocenters. The summed E-state index contributed by atoms with van der Waals surface area (Å²) in [6.07, 6.45) is 2.05. The van der Waals surface area contributed by atoms with Gasteiger partial charge in [0.1, 0.15) is 11.2 Å². The zero-order chi connectivity index (χ0) is 20.4. The van der Waals surface area contributed by atoms with E-state index in [1.54, 1.807) is 11.8 Å². The molecule has 4 rings (SSSR count). The quantitative estimate of drug-likeness (QED) is 0.635. The van der Waals surface area contributed by atoms with Crippen molar-refractivity contribution < 1.29 is 9.18 Å². The second-order valence-corrected chi connectivity index (χ2v) is 7.73. The predicted octanol–water partition coefficient (Wildman–Crippen LogP) is 5.10. The average molecular weight is 405 g/mol. The Kier molecular flexibility index (Phi) is 5.36. The number of hydrogen-bond donors (Lipinski definition) is 2. The molecule has 146 valence electrons. The van der Waals surface area contributed by atoms with Crippen LogP contribution in [0.1, 0.15) is 38.0 Å². The van der Waals surface area contributed by atoms with Crippen molar-refractivity contribution in [1.82, 2.24) is 5.43 Å². The van der Waals surface area contributed by atoms with Crippen molar-refractivity contribution in [3.05, 3.63) is 100 Å². The first kappa shape index (κ1) is 19.2. The number of carbonyl (C=O) groups excluding carboxylic acids is 1. The van der Waals surface area contributed by atoms with E-state index in [1.165, 1.54) is 29.8 Å². The molecule has 1 heterocycles. The lowest BCUT2D eigenvalue weighted by Crippen LogP contribution is -2.24. The van der Waals surface area contributed by atoms with Crippen LogP contribution in [-0.2, 0) is 0 Å². The maximum atomic E-state index is 13.1. The zero-order valence-corrected chi connectivity index (χ0v) is 16.9. The number of anilines is 1. The molecule has 1 aliphatic heterocycles. The summed E-state index contributed by atoms with van der Waals surface area (Å²) in [5.74, 6) is -0.651. The Balaban J connectivity index is 1.66. The molecular formula is C23H20FN3OS. The van der Waals surface area contributed by atoms with Gasteiger partial charge in [0.15, 0.2) is 0 Å². The van der Waals surface area contributed by atoms with Gasteiger partial charge in [-0.25, -0.2) is 4.39 Å². The standard InChI is InChI=1S/C23H20FN3OS/c1-14-7-8-16(13-20(14)25-22(28)15-9-11-17(24)12-10-15)21-18-5-3-4-6-19(18)23(29-2)27-26-21/h3-13,23,27H,1-2H3,(H,25,28)/t23-/m1/s1. The fourth-order valence-electron chi connectivity index (χ4n) is 3.29. The van der Waals surface area contributed by atoms with E-state index in [1.807, 2.05) is 43.5 Å². The SMILES string of the molecule is CS[C@H]1NN=C(c2ccc(C)c(NC(=O)c3ccc(F)cc3)c2)c2ccccc21. The Bertz CT molecular complexity index is 1100. The van der Waals surface area contributed by atoms with Gasteiger partial charge in [-0.05, 0) is 54.6 Å². The lowest BCUT2D eigenvalue weighted by Gasteiger charge is -2.25. The molecular weight excluding hydrogens is 385 g/mol. The number of amides is 1. The van der Waals surface area contributed by atoms with Gasteiger partial charge in [0.25, 0.3) is 5.91 Å². The number of halogens is 1. The Morgan fingerprint density at radius 1 is 1.10 bits per heavy atom. The minimum absolute atomic E-state index is 0.109. The molecule has 0 aromatic heterocycles. The van der Waals surface area contributed by atoms with Gasteiger partial charge in [-0.15, -0.1) is 11.8 Å². The topological polar surface area (TPSA) is 53.5 Å². The van der Waals surface area contributed by atoms with Gasteiger partial charge in [-0.3, -0.25) is 10.2 Å². The summed E-state index contributed by atoms with van der Waals surface area (Å²) in [4.78, 5) is 12.6. The van der Waals surface area contributed by atoms with Crippen LogP contribution in [0.2, 0.25) is 0 Å². The van der Waals surface area contributed by atoms with Crippen molar-refractivity contribution in [2.45, 2.75) is 12.3 Å². The summed E-state index contributed by atoms with van der Waals surface area (Å²) in [6.45, 7) is 1.93. The number of aryl methyl sites for hydroxylation is 1. The number of benzene rings is 3. The average Bonchev–Trinajstić information content (AvgIpc) is 2.75. The van der Waals surface area contributed by atoms with E-state index in [9.17, 15) is 9.18 Å². The summed E-state index contributed by atoms with van der Waals surface area (Å²) in [5, 5.41) is 7.64. The largest absolute Gasteiger partial charge is 0.322 e. The third kappa shape index (κ3) is 3.89. The Labute approximate surface area is 173 Å². The monoisotopic (exact) mass is 405 g/mol. The molecule has 0 saturated heterocycles. The highest BCUT2D eigenvalue weighted by molar-refractivity contribution is 7.98. The molecule has 3 aromatic carbocycles. The summed E-state index contributed by atoms with van der Waals surface area (Å²) in [6, 6.07) is 19.6. The van der Waals surface area contributed by atoms with Crippen LogP contribution in [0.5, 0.6) is 0 Å². The van der Waals surface area contributed by atoms with Gasteiger partial charge >= 0.3 is 0 Å². The Morgan fingerprint density at radius 3 is 2.62 bits per heavy atom. The zero-order valence-electron chi connectivity index (χ0n) is 16.1. The fraction of sp³-hybridized carbons (Fsp3) is 0.130. The van der Waals surface area contributed by atoms with E-state index in [4.69, 9.17) is 0 Å². The van der Waals surface area contributed by atoms with E-state index in [0.29, 0.717) is 11.3 Å². The van der Waals surface area contributed by atoms with Gasteiger partial charge in [-0.1, -0.05) is 36.4 Å². The van der Waals surface area contributed by atoms with Gasteiger partial charge in [0.2, 0.25) is 0 Å². The molecule has 1 aliphatic rings. The number of thioether (sulfide) groups is 1. The van der Waals surface area contributed by atoms with Crippen molar-refractivity contribution in [3.63, 3.8) is 0 Å². The number of nitrogens with one attached hydrogen (secondary N) is 2. The van der Waals surface area contributed by atoms with Crippen molar-refractivity contribution in [2.75, 3.05) is 11.6 Å². The first-order chi connectivity index (χ1) is 14.1. The van der Waals surface area contributed by atoms with Crippen molar-refractivity contribution in [3.8, 4) is 0 Å². The third-order valence-corrected chi connectivity index (χ3v) is 5.72. The van der Waals surface area contributed by atoms with Crippen LogP contribution >= 0.6 is 11.8 Å². The number of rotatable bonds is 4. The number of fused-ring (bicyclic) bond motifs is 1. The van der Waals surface area contributed by atoms with Crippen molar-refractivity contribution in [1.29, 1.82) is 0 Å². The van der Waals surface area contributed by atoms with E-state index < -0.39 is 0 Å². The van der Waals surface area contributed by atoms with Crippen LogP contribution in [0, 0.1) is 12.7 Å². The minimum Gasteiger partial charge on any atom is -0.322 e. The van der Waals surface area contributed by atoms with Crippen LogP contribution in [0.15, 0.2) is 71.8 Å². The predicted molar refractivity (Wildman–Crippen MR) is 117 cm³/mol. The number of hydrazone groups is 1. The van der Waals surface area contributed by atoms with Crippen molar-refractivity contribution in [2.24, 2.45) is 5.10 Å². The summed E-state index contributed by atoms with van der Waals surface area (Å²) in [5.41, 5.74) is 9.24. The minimum atomic E-state index is -0.371. The van der Waals surface area contributed by atoms with Gasteiger partial charge in [-0.2, -0.15) is 5.10 Å². The smallest absolute Gasteiger partial charge is 0.255 e. The highest BCUT2D eigenvalue weighted by Crippen LogP contribution is 2.32. The molecule has 6 heteroatoms. The molecule has 0 radical (unpaired) electrons. The molecule has 0 saturated carbocycles. The number of carbonyl (C=O) groups is 1. The van der Waals surface area contributed by atoms with Gasteiger partial charge in [0.05, 0.1) is 5.71 Å². The van der Waals surface area contributed by atoms with Gasteiger partial charge < -0.3 is 5.32 Å². The van der Waals surface area contributed by atoms with Crippen LogP contribution in [-0.4, -0.2) is 17.9 Å². The summed E-state index contributed by atoms with van der Waals surface area (Å²) < 4.78 is 13.1. The molecule has 0 aliphatic carbocycles. The van der Waals surface area contributed by atoms with Crippen LogP contribution in [0.25, 0.3) is 0 Å². The maximum absolute atomic E-state index is 13.1. The first-order valence-corrected chi connectivity index (χ1v) is 10.5. The lowest BCUT2D eigenvalue weighted by atomic mass is 9.95. The molecule has 0 spiro atoms. The summed E-state index contributed by atoms with van der Waals surface area (Å²) >= 11 is 1.70. The lowest BCUT2D eigenvalue weighted by molar-refractivity contribution is 0.102. The van der Waals surface area contributed by atoms with Crippen LogP contribution in [0.3, 0.4) is 0 Å². The molecule has 0 bridgehead atoms. The first-order valence-electron chi connectivity index (χ1n) is 9.20. The Hall–Kier alpha value is -3.12. The number of nitrogens with zero attached hydrogens (tertiary/aromatic N) is 1. The molecule has 2 N–H and O–H groups in total.